The maximum absolute atomic E-state index is 12.7. The van der Waals surface area contributed by atoms with Crippen LogP contribution in [0.15, 0.2) is 42.5 Å². The van der Waals surface area contributed by atoms with E-state index >= 15 is 0 Å². The Morgan fingerprint density at radius 3 is 2.41 bits per heavy atom. The van der Waals surface area contributed by atoms with E-state index in [4.69, 9.17) is 27.9 Å². The number of methoxy groups -OCH3 is 1. The fourth-order valence-electron chi connectivity index (χ4n) is 2.86. The molecule has 7 heteroatoms. The van der Waals surface area contributed by atoms with Gasteiger partial charge in [0.25, 0.3) is 0 Å². The van der Waals surface area contributed by atoms with Gasteiger partial charge in [0.15, 0.2) is 0 Å². The van der Waals surface area contributed by atoms with Crippen molar-refractivity contribution in [1.82, 2.24) is 10.2 Å². The number of benzene rings is 2. The molecule has 0 saturated heterocycles. The third kappa shape index (κ3) is 6.65. The molecule has 0 aliphatic heterocycles. The Balaban J connectivity index is 2.09. The largest absolute Gasteiger partial charge is 0.497 e. The molecule has 2 rings (SSSR count). The second-order valence-electron chi connectivity index (χ2n) is 6.75. The zero-order valence-electron chi connectivity index (χ0n) is 16.9. The first-order chi connectivity index (χ1) is 13.8. The second-order valence-corrected chi connectivity index (χ2v) is 7.59. The monoisotopic (exact) mass is 436 g/mol. The van der Waals surface area contributed by atoms with E-state index in [0.29, 0.717) is 29.4 Å². The summed E-state index contributed by atoms with van der Waals surface area (Å²) in [6.45, 7) is 4.28. The van der Waals surface area contributed by atoms with Crippen molar-refractivity contribution in [2.75, 3.05) is 7.11 Å². The van der Waals surface area contributed by atoms with Gasteiger partial charge in [-0.15, -0.1) is 0 Å². The molecular weight excluding hydrogens is 411 g/mol. The smallest absolute Gasteiger partial charge is 0.242 e. The van der Waals surface area contributed by atoms with E-state index in [1.807, 2.05) is 31.2 Å². The van der Waals surface area contributed by atoms with Crippen molar-refractivity contribution in [1.29, 1.82) is 0 Å². The predicted octanol–water partition coefficient (Wildman–Crippen LogP) is 4.84. The summed E-state index contributed by atoms with van der Waals surface area (Å²) in [6.07, 6.45) is 1.10. The number of amides is 2. The molecule has 0 fully saturated rings. The second kappa shape index (κ2) is 11.1. The Hall–Kier alpha value is -2.24. The Morgan fingerprint density at radius 2 is 1.83 bits per heavy atom. The number of hydrogen-bond donors (Lipinski definition) is 1. The van der Waals surface area contributed by atoms with Gasteiger partial charge in [-0.25, -0.2) is 0 Å². The molecule has 0 heterocycles. The first-order valence-corrected chi connectivity index (χ1v) is 10.2. The molecule has 2 aromatic carbocycles. The number of nitrogens with zero attached hydrogens (tertiary/aromatic N) is 1. The summed E-state index contributed by atoms with van der Waals surface area (Å²) in [5, 5.41) is 3.89. The van der Waals surface area contributed by atoms with E-state index in [0.717, 1.165) is 16.9 Å². The van der Waals surface area contributed by atoms with Crippen molar-refractivity contribution in [3.63, 3.8) is 0 Å². The predicted molar refractivity (Wildman–Crippen MR) is 116 cm³/mol. The lowest BCUT2D eigenvalue weighted by atomic mass is 10.1. The molecule has 0 saturated carbocycles. The van der Waals surface area contributed by atoms with Crippen molar-refractivity contribution in [2.45, 2.75) is 45.8 Å². The molecule has 0 aromatic heterocycles. The standard InChI is InChI=1S/C22H26Cl2N2O3/c1-4-5-21(27)26(14-16-6-10-19(29-3)11-7-16)15(2)22(28)25-13-17-8-9-18(23)12-20(17)24/h6-12,15H,4-5,13-14H2,1-3H3,(H,25,28). The highest BCUT2D eigenvalue weighted by Crippen LogP contribution is 2.21. The van der Waals surface area contributed by atoms with Crippen LogP contribution in [-0.4, -0.2) is 29.9 Å². The first kappa shape index (κ1) is 23.0. The van der Waals surface area contributed by atoms with Crippen molar-refractivity contribution >= 4 is 35.0 Å². The SMILES string of the molecule is CCCC(=O)N(Cc1ccc(OC)cc1)C(C)C(=O)NCc1ccc(Cl)cc1Cl. The summed E-state index contributed by atoms with van der Waals surface area (Å²) in [5.41, 5.74) is 1.69. The van der Waals surface area contributed by atoms with Crippen LogP contribution in [0.1, 0.15) is 37.8 Å². The number of carbonyl (C=O) groups is 2. The van der Waals surface area contributed by atoms with Gasteiger partial charge < -0.3 is 15.0 Å². The van der Waals surface area contributed by atoms with Gasteiger partial charge in [0.2, 0.25) is 11.8 Å². The summed E-state index contributed by atoms with van der Waals surface area (Å²) in [5.74, 6) is 0.440. The third-order valence-electron chi connectivity index (χ3n) is 4.61. The molecule has 156 valence electrons. The van der Waals surface area contributed by atoms with Crippen LogP contribution in [0.4, 0.5) is 0 Å². The minimum absolute atomic E-state index is 0.0597. The van der Waals surface area contributed by atoms with E-state index in [-0.39, 0.29) is 18.4 Å². The van der Waals surface area contributed by atoms with Gasteiger partial charge in [-0.2, -0.15) is 0 Å². The van der Waals surface area contributed by atoms with E-state index in [2.05, 4.69) is 5.32 Å². The number of rotatable bonds is 9. The van der Waals surface area contributed by atoms with Gasteiger partial charge in [-0.1, -0.05) is 48.3 Å². The van der Waals surface area contributed by atoms with Crippen LogP contribution in [0.25, 0.3) is 0 Å². The summed E-state index contributed by atoms with van der Waals surface area (Å²) < 4.78 is 5.17. The highest BCUT2D eigenvalue weighted by molar-refractivity contribution is 6.35. The highest BCUT2D eigenvalue weighted by atomic mass is 35.5. The van der Waals surface area contributed by atoms with Crippen LogP contribution >= 0.6 is 23.2 Å². The minimum atomic E-state index is -0.623. The number of halogens is 2. The molecule has 1 unspecified atom stereocenters. The highest BCUT2D eigenvalue weighted by Gasteiger charge is 2.25. The molecule has 5 nitrogen and oxygen atoms in total. The molecule has 0 bridgehead atoms. The lowest BCUT2D eigenvalue weighted by Gasteiger charge is -2.29. The Morgan fingerprint density at radius 1 is 1.14 bits per heavy atom. The molecule has 0 radical (unpaired) electrons. The molecule has 0 aliphatic carbocycles. The topological polar surface area (TPSA) is 58.6 Å². The van der Waals surface area contributed by atoms with Crippen LogP contribution < -0.4 is 10.1 Å². The zero-order chi connectivity index (χ0) is 21.4. The van der Waals surface area contributed by atoms with E-state index < -0.39 is 6.04 Å². The van der Waals surface area contributed by atoms with Crippen LogP contribution in [0.2, 0.25) is 10.0 Å². The van der Waals surface area contributed by atoms with Crippen molar-refractivity contribution in [3.05, 3.63) is 63.6 Å². The van der Waals surface area contributed by atoms with Gasteiger partial charge in [-0.05, 0) is 48.7 Å². The minimum Gasteiger partial charge on any atom is -0.497 e. The van der Waals surface area contributed by atoms with Crippen molar-refractivity contribution in [3.8, 4) is 5.75 Å². The Kier molecular flexibility index (Phi) is 8.80. The fourth-order valence-corrected chi connectivity index (χ4v) is 3.34. The molecule has 0 aliphatic rings. The lowest BCUT2D eigenvalue weighted by Crippen LogP contribution is -2.47. The summed E-state index contributed by atoms with van der Waals surface area (Å²) in [4.78, 5) is 27.0. The van der Waals surface area contributed by atoms with Crippen LogP contribution in [0, 0.1) is 0 Å². The number of hydrogen-bond acceptors (Lipinski definition) is 3. The maximum atomic E-state index is 12.7. The molecule has 2 amide bonds. The maximum Gasteiger partial charge on any atom is 0.242 e. The summed E-state index contributed by atoms with van der Waals surface area (Å²) in [7, 11) is 1.60. The summed E-state index contributed by atoms with van der Waals surface area (Å²) in [6, 6.07) is 12.0. The quantitative estimate of drug-likeness (QED) is 0.611. The van der Waals surface area contributed by atoms with Crippen molar-refractivity contribution < 1.29 is 14.3 Å². The van der Waals surface area contributed by atoms with Crippen LogP contribution in [0.5, 0.6) is 5.75 Å². The third-order valence-corrected chi connectivity index (χ3v) is 5.20. The Bertz CT molecular complexity index is 840. The van der Waals surface area contributed by atoms with E-state index in [1.54, 1.807) is 37.1 Å². The summed E-state index contributed by atoms with van der Waals surface area (Å²) >= 11 is 12.1. The fraction of sp³-hybridized carbons (Fsp3) is 0.364. The number of nitrogens with one attached hydrogen (secondary N) is 1. The van der Waals surface area contributed by atoms with E-state index in [9.17, 15) is 9.59 Å². The normalized spacial score (nSPS) is 11.6. The van der Waals surface area contributed by atoms with E-state index in [1.165, 1.54) is 0 Å². The van der Waals surface area contributed by atoms with Gasteiger partial charge in [0.1, 0.15) is 11.8 Å². The number of carbonyl (C=O) groups excluding carboxylic acids is 2. The van der Waals surface area contributed by atoms with Crippen LogP contribution in [0.3, 0.4) is 0 Å². The molecule has 1 atom stereocenters. The van der Waals surface area contributed by atoms with Crippen LogP contribution in [-0.2, 0) is 22.7 Å². The lowest BCUT2D eigenvalue weighted by molar-refractivity contribution is -0.140. The molecular formula is C22H26Cl2N2O3. The molecule has 0 spiro atoms. The average molecular weight is 437 g/mol. The first-order valence-electron chi connectivity index (χ1n) is 9.49. The van der Waals surface area contributed by atoms with Crippen molar-refractivity contribution in [2.24, 2.45) is 0 Å². The van der Waals surface area contributed by atoms with Gasteiger partial charge >= 0.3 is 0 Å². The molecule has 1 N–H and O–H groups in total. The van der Waals surface area contributed by atoms with Gasteiger partial charge in [0.05, 0.1) is 7.11 Å². The van der Waals surface area contributed by atoms with Gasteiger partial charge in [0, 0.05) is 29.6 Å². The Labute approximate surface area is 181 Å². The molecule has 2 aromatic rings. The average Bonchev–Trinajstić information content (AvgIpc) is 2.71. The van der Waals surface area contributed by atoms with Gasteiger partial charge in [-0.3, -0.25) is 9.59 Å². The zero-order valence-corrected chi connectivity index (χ0v) is 18.4. The number of ether oxygens (including phenoxy) is 1. The molecule has 29 heavy (non-hydrogen) atoms.